The molecule has 0 aliphatic heterocycles. The van der Waals surface area contributed by atoms with Crippen LogP contribution in [0.5, 0.6) is 11.5 Å². The third kappa shape index (κ3) is 3.86. The second-order valence-corrected chi connectivity index (χ2v) is 6.73. The smallest absolute Gasteiger partial charge is 0.222 e. The third-order valence-electron chi connectivity index (χ3n) is 2.40. The van der Waals surface area contributed by atoms with E-state index in [-0.39, 0.29) is 4.66 Å². The summed E-state index contributed by atoms with van der Waals surface area (Å²) in [5, 5.41) is 0. The minimum atomic E-state index is -3.34. The minimum absolute atomic E-state index is 0.142. The zero-order chi connectivity index (χ0) is 13.8. The van der Waals surface area contributed by atoms with Gasteiger partial charge in [-0.3, -0.25) is 0 Å². The molecule has 1 atom stereocenters. The molecule has 7 heteroatoms. The molecule has 0 amide bonds. The molecule has 102 valence electrons. The monoisotopic (exact) mass is 337 g/mol. The zero-order valence-corrected chi connectivity index (χ0v) is 12.8. The molecule has 0 bridgehead atoms. The van der Waals surface area contributed by atoms with Crippen molar-refractivity contribution < 1.29 is 17.9 Å². The number of rotatable bonds is 6. The number of hydrogen-bond acceptors (Lipinski definition) is 4. The molecule has 5 nitrogen and oxygen atoms in total. The summed E-state index contributed by atoms with van der Waals surface area (Å²) >= 11 is 2.93. The van der Waals surface area contributed by atoms with Crippen LogP contribution in [-0.4, -0.2) is 27.3 Å². The molecule has 1 rings (SSSR count). The first-order valence-corrected chi connectivity index (χ1v) is 7.98. The van der Waals surface area contributed by atoms with Gasteiger partial charge in [0.1, 0.15) is 16.2 Å². The van der Waals surface area contributed by atoms with E-state index in [1.165, 1.54) is 7.11 Å². The fourth-order valence-electron chi connectivity index (χ4n) is 1.54. The van der Waals surface area contributed by atoms with Crippen LogP contribution >= 0.6 is 15.9 Å². The number of benzene rings is 1. The molecule has 0 aliphatic carbocycles. The van der Waals surface area contributed by atoms with Gasteiger partial charge in [0.2, 0.25) is 10.0 Å². The summed E-state index contributed by atoms with van der Waals surface area (Å²) in [6, 6.07) is 4.85. The predicted molar refractivity (Wildman–Crippen MR) is 73.8 cm³/mol. The van der Waals surface area contributed by atoms with Crippen molar-refractivity contribution in [3.8, 4) is 11.5 Å². The van der Waals surface area contributed by atoms with E-state index < -0.39 is 16.1 Å². The van der Waals surface area contributed by atoms with Crippen LogP contribution in [0.1, 0.15) is 18.5 Å². The van der Waals surface area contributed by atoms with Crippen molar-refractivity contribution in [1.29, 1.82) is 0 Å². The van der Waals surface area contributed by atoms with Crippen molar-refractivity contribution in [3.63, 3.8) is 0 Å². The van der Waals surface area contributed by atoms with E-state index in [0.717, 1.165) is 5.56 Å². The van der Waals surface area contributed by atoms with E-state index in [4.69, 9.17) is 9.47 Å². The van der Waals surface area contributed by atoms with Gasteiger partial charge in [0.15, 0.2) is 0 Å². The van der Waals surface area contributed by atoms with Gasteiger partial charge in [0.25, 0.3) is 0 Å². The Morgan fingerprint density at radius 3 is 2.50 bits per heavy atom. The molecule has 1 aromatic carbocycles. The number of ether oxygens (including phenoxy) is 2. The van der Waals surface area contributed by atoms with Gasteiger partial charge in [-0.25, -0.2) is 13.1 Å². The summed E-state index contributed by atoms with van der Waals surface area (Å²) in [5.41, 5.74) is 0.723. The van der Waals surface area contributed by atoms with E-state index >= 15 is 0 Å². The Bertz CT molecular complexity index is 504. The first-order chi connectivity index (χ1) is 8.43. The number of sulfonamides is 1. The maximum absolute atomic E-state index is 11.5. The second-order valence-electron chi connectivity index (χ2n) is 3.67. The molecule has 0 aromatic heterocycles. The van der Waals surface area contributed by atoms with E-state index in [9.17, 15) is 8.42 Å². The number of halogens is 1. The highest BCUT2D eigenvalue weighted by Gasteiger charge is 2.18. The maximum atomic E-state index is 11.5. The maximum Gasteiger partial charge on any atom is 0.222 e. The van der Waals surface area contributed by atoms with Crippen LogP contribution in [0.2, 0.25) is 0 Å². The average molecular weight is 338 g/mol. The Hall–Kier alpha value is -0.790. The Morgan fingerprint density at radius 1 is 1.33 bits per heavy atom. The Morgan fingerprint density at radius 2 is 2.00 bits per heavy atom. The number of methoxy groups -OCH3 is 2. The van der Waals surface area contributed by atoms with Gasteiger partial charge in [0, 0.05) is 11.6 Å². The van der Waals surface area contributed by atoms with Crippen molar-refractivity contribution in [2.75, 3.05) is 18.9 Å². The lowest BCUT2D eigenvalue weighted by molar-refractivity contribution is 0.395. The van der Waals surface area contributed by atoms with Gasteiger partial charge in [-0.1, -0.05) is 15.9 Å². The fourth-order valence-corrected chi connectivity index (χ4v) is 2.67. The molecule has 18 heavy (non-hydrogen) atoms. The zero-order valence-electron chi connectivity index (χ0n) is 10.4. The SMILES string of the molecule is COc1ccc(OC)c([C@@H](C)NS(=O)(=O)CBr)c1. The van der Waals surface area contributed by atoms with Crippen LogP contribution in [0, 0.1) is 0 Å². The normalized spacial score (nSPS) is 13.1. The first-order valence-electron chi connectivity index (χ1n) is 5.21. The average Bonchev–Trinajstić information content (AvgIpc) is 2.37. The number of alkyl halides is 1. The highest BCUT2D eigenvalue weighted by atomic mass is 79.9. The molecule has 0 radical (unpaired) electrons. The summed E-state index contributed by atoms with van der Waals surface area (Å²) in [4.78, 5) is 0. The molecule has 0 unspecified atom stereocenters. The van der Waals surface area contributed by atoms with Crippen LogP contribution in [0.15, 0.2) is 18.2 Å². The van der Waals surface area contributed by atoms with Gasteiger partial charge in [-0.2, -0.15) is 0 Å². The Kier molecular flexibility index (Phi) is 5.43. The van der Waals surface area contributed by atoms with E-state index in [1.807, 2.05) is 0 Å². The summed E-state index contributed by atoms with van der Waals surface area (Å²) in [6.07, 6.45) is 0. The van der Waals surface area contributed by atoms with E-state index in [1.54, 1.807) is 32.2 Å². The predicted octanol–water partition coefficient (Wildman–Crippen LogP) is 2.04. The first kappa shape index (κ1) is 15.3. The Balaban J connectivity index is 3.06. The molecule has 0 heterocycles. The van der Waals surface area contributed by atoms with Gasteiger partial charge < -0.3 is 9.47 Å². The van der Waals surface area contributed by atoms with Crippen LogP contribution in [0.3, 0.4) is 0 Å². The summed E-state index contributed by atoms with van der Waals surface area (Å²) in [7, 11) is -0.248. The van der Waals surface area contributed by atoms with Crippen molar-refractivity contribution in [2.24, 2.45) is 0 Å². The molecule has 0 saturated carbocycles. The molecule has 1 N–H and O–H groups in total. The van der Waals surface area contributed by atoms with Crippen LogP contribution in [0.25, 0.3) is 0 Å². The van der Waals surface area contributed by atoms with Gasteiger partial charge in [-0.05, 0) is 25.1 Å². The van der Waals surface area contributed by atoms with Gasteiger partial charge in [0.05, 0.1) is 14.2 Å². The van der Waals surface area contributed by atoms with E-state index in [0.29, 0.717) is 11.5 Å². The van der Waals surface area contributed by atoms with Gasteiger partial charge >= 0.3 is 0 Å². The summed E-state index contributed by atoms with van der Waals surface area (Å²) < 4.78 is 35.7. The fraction of sp³-hybridized carbons (Fsp3) is 0.455. The standard InChI is InChI=1S/C11H16BrNO4S/c1-8(13-18(14,15)7-12)10-6-9(16-2)4-5-11(10)17-3/h4-6,8,13H,7H2,1-3H3/t8-/m1/s1. The number of hydrogen-bond donors (Lipinski definition) is 1. The van der Waals surface area contributed by atoms with Gasteiger partial charge in [-0.15, -0.1) is 0 Å². The Labute approximate surface area is 116 Å². The molecule has 1 aromatic rings. The van der Waals surface area contributed by atoms with E-state index in [2.05, 4.69) is 20.7 Å². The molecule has 0 saturated heterocycles. The molecule has 0 spiro atoms. The largest absolute Gasteiger partial charge is 0.497 e. The lowest BCUT2D eigenvalue weighted by Gasteiger charge is -2.17. The summed E-state index contributed by atoms with van der Waals surface area (Å²) in [6.45, 7) is 1.75. The summed E-state index contributed by atoms with van der Waals surface area (Å²) in [5.74, 6) is 1.26. The topological polar surface area (TPSA) is 64.6 Å². The number of nitrogens with one attached hydrogen (secondary N) is 1. The lowest BCUT2D eigenvalue weighted by Crippen LogP contribution is -2.27. The molecular weight excluding hydrogens is 322 g/mol. The quantitative estimate of drug-likeness (QED) is 0.806. The molecular formula is C11H16BrNO4S. The second kappa shape index (κ2) is 6.40. The van der Waals surface area contributed by atoms with Crippen molar-refractivity contribution in [2.45, 2.75) is 13.0 Å². The van der Waals surface area contributed by atoms with Crippen LogP contribution in [-0.2, 0) is 10.0 Å². The van der Waals surface area contributed by atoms with Crippen molar-refractivity contribution in [3.05, 3.63) is 23.8 Å². The van der Waals surface area contributed by atoms with Crippen molar-refractivity contribution in [1.82, 2.24) is 4.72 Å². The highest BCUT2D eigenvalue weighted by Crippen LogP contribution is 2.29. The molecule has 0 aliphatic rings. The lowest BCUT2D eigenvalue weighted by atomic mass is 10.1. The minimum Gasteiger partial charge on any atom is -0.497 e. The third-order valence-corrected chi connectivity index (χ3v) is 5.21. The van der Waals surface area contributed by atoms with Crippen molar-refractivity contribution >= 4 is 26.0 Å². The van der Waals surface area contributed by atoms with Crippen LogP contribution in [0.4, 0.5) is 0 Å². The highest BCUT2D eigenvalue weighted by molar-refractivity contribution is 9.10. The van der Waals surface area contributed by atoms with Crippen LogP contribution < -0.4 is 14.2 Å². The molecule has 0 fully saturated rings.